The van der Waals surface area contributed by atoms with Crippen molar-refractivity contribution in [1.29, 1.82) is 0 Å². The molecule has 1 heterocycles. The Labute approximate surface area is 172 Å². The summed E-state index contributed by atoms with van der Waals surface area (Å²) in [4.78, 5) is 12.7. The molecule has 5 heteroatoms. The number of hydrogen-bond acceptors (Lipinski definition) is 3. The third-order valence-electron chi connectivity index (χ3n) is 7.35. The molecule has 4 saturated carbocycles. The van der Waals surface area contributed by atoms with Gasteiger partial charge in [-0.1, -0.05) is 17.7 Å². The molecule has 154 valence electrons. The second kappa shape index (κ2) is 7.19. The summed E-state index contributed by atoms with van der Waals surface area (Å²) in [5.74, 6) is 3.49. The van der Waals surface area contributed by atoms with Gasteiger partial charge in [-0.05, 0) is 93.2 Å². The van der Waals surface area contributed by atoms with E-state index < -0.39 is 0 Å². The maximum atomic E-state index is 12.7. The van der Waals surface area contributed by atoms with Crippen molar-refractivity contribution >= 4 is 5.91 Å². The van der Waals surface area contributed by atoms with Crippen LogP contribution in [0.3, 0.4) is 0 Å². The molecule has 0 radical (unpaired) electrons. The highest BCUT2D eigenvalue weighted by atomic mass is 16.5. The van der Waals surface area contributed by atoms with Gasteiger partial charge in [-0.25, -0.2) is 4.68 Å². The van der Waals surface area contributed by atoms with Crippen LogP contribution < -0.4 is 10.1 Å². The normalized spacial score (nSPS) is 29.8. The Balaban J connectivity index is 1.17. The first kappa shape index (κ1) is 18.7. The third kappa shape index (κ3) is 3.79. The summed E-state index contributed by atoms with van der Waals surface area (Å²) in [6, 6.07) is 7.89. The first-order valence-electron chi connectivity index (χ1n) is 11.0. The molecule has 2 aromatic rings. The van der Waals surface area contributed by atoms with Gasteiger partial charge in [0.05, 0.1) is 0 Å². The number of nitrogens with zero attached hydrogens (tertiary/aromatic N) is 2. The van der Waals surface area contributed by atoms with Crippen molar-refractivity contribution in [3.63, 3.8) is 0 Å². The molecule has 29 heavy (non-hydrogen) atoms. The number of aryl methyl sites for hydroxylation is 2. The summed E-state index contributed by atoms with van der Waals surface area (Å²) >= 11 is 0. The van der Waals surface area contributed by atoms with Crippen molar-refractivity contribution in [3.8, 4) is 5.75 Å². The Morgan fingerprint density at radius 3 is 2.48 bits per heavy atom. The fraction of sp³-hybridized carbons (Fsp3) is 0.583. The van der Waals surface area contributed by atoms with Gasteiger partial charge in [0, 0.05) is 12.7 Å². The Morgan fingerprint density at radius 2 is 1.83 bits per heavy atom. The molecular formula is C24H31N3O2. The number of nitrogens with one attached hydrogen (secondary N) is 1. The monoisotopic (exact) mass is 393 g/mol. The van der Waals surface area contributed by atoms with E-state index in [2.05, 4.69) is 23.4 Å². The zero-order valence-electron chi connectivity index (χ0n) is 17.5. The topological polar surface area (TPSA) is 56.1 Å². The summed E-state index contributed by atoms with van der Waals surface area (Å²) in [6.07, 6.45) is 10.0. The van der Waals surface area contributed by atoms with Crippen molar-refractivity contribution in [2.45, 2.75) is 59.1 Å². The molecule has 1 N–H and O–H groups in total. The highest BCUT2D eigenvalue weighted by molar-refractivity contribution is 5.92. The number of amides is 1. The fourth-order valence-electron chi connectivity index (χ4n) is 6.52. The Hall–Kier alpha value is -2.30. The van der Waals surface area contributed by atoms with Crippen LogP contribution in [-0.2, 0) is 6.73 Å². The van der Waals surface area contributed by atoms with Crippen LogP contribution in [0, 0.1) is 37.0 Å². The van der Waals surface area contributed by atoms with E-state index >= 15 is 0 Å². The highest BCUT2D eigenvalue weighted by Gasteiger charge is 2.50. The van der Waals surface area contributed by atoms with Crippen molar-refractivity contribution in [1.82, 2.24) is 15.1 Å². The Bertz CT molecular complexity index is 881. The van der Waals surface area contributed by atoms with Gasteiger partial charge in [0.15, 0.2) is 6.73 Å². The number of ether oxygens (including phenoxy) is 1. The smallest absolute Gasteiger partial charge is 0.271 e. The first-order valence-corrected chi connectivity index (χ1v) is 11.0. The number of aromatic nitrogens is 2. The molecule has 6 rings (SSSR count). The predicted octanol–water partition coefficient (Wildman–Crippen LogP) is 4.48. The van der Waals surface area contributed by atoms with Crippen molar-refractivity contribution in [3.05, 3.63) is 47.3 Å². The van der Waals surface area contributed by atoms with E-state index in [1.54, 1.807) is 10.7 Å². The molecule has 5 nitrogen and oxygen atoms in total. The molecule has 0 atom stereocenters. The van der Waals surface area contributed by atoms with Gasteiger partial charge in [-0.2, -0.15) is 5.10 Å². The molecule has 0 aliphatic heterocycles. The van der Waals surface area contributed by atoms with Crippen molar-refractivity contribution in [2.75, 3.05) is 6.54 Å². The number of benzene rings is 1. The maximum Gasteiger partial charge on any atom is 0.271 e. The molecule has 1 amide bonds. The highest BCUT2D eigenvalue weighted by Crippen LogP contribution is 2.59. The summed E-state index contributed by atoms with van der Waals surface area (Å²) in [5.41, 5.74) is 3.13. The standard InChI is InChI=1S/C24H31N3O2/c1-16-3-4-22(17(2)7-16)29-15-27-6-5-21(26-27)23(28)25-14-24-11-18-8-19(12-24)10-20(9-18)13-24/h3-7,18-20H,8-15H2,1-2H3,(H,25,28). The molecule has 0 unspecified atom stereocenters. The van der Waals surface area contributed by atoms with E-state index in [9.17, 15) is 4.79 Å². The van der Waals surface area contributed by atoms with Crippen LogP contribution >= 0.6 is 0 Å². The van der Waals surface area contributed by atoms with Gasteiger partial charge in [0.25, 0.3) is 5.91 Å². The van der Waals surface area contributed by atoms with Crippen molar-refractivity contribution < 1.29 is 9.53 Å². The van der Waals surface area contributed by atoms with Gasteiger partial charge < -0.3 is 10.1 Å². The van der Waals surface area contributed by atoms with Gasteiger partial charge in [0.2, 0.25) is 0 Å². The minimum Gasteiger partial charge on any atom is -0.471 e. The van der Waals surface area contributed by atoms with Gasteiger partial charge in [-0.3, -0.25) is 4.79 Å². The molecule has 1 aromatic heterocycles. The second-order valence-corrected chi connectivity index (χ2v) is 9.88. The van der Waals surface area contributed by atoms with E-state index in [4.69, 9.17) is 4.74 Å². The SMILES string of the molecule is Cc1ccc(OCn2ccc(C(=O)NCC34CC5CC(CC(C5)C3)C4)n2)c(C)c1. The van der Waals surface area contributed by atoms with Gasteiger partial charge >= 0.3 is 0 Å². The summed E-state index contributed by atoms with van der Waals surface area (Å²) in [6.45, 7) is 5.21. The molecule has 4 aliphatic rings. The van der Waals surface area contributed by atoms with E-state index in [-0.39, 0.29) is 5.91 Å². The lowest BCUT2D eigenvalue weighted by molar-refractivity contribution is -0.0503. The van der Waals surface area contributed by atoms with Crippen LogP contribution in [0.1, 0.15) is 60.1 Å². The van der Waals surface area contributed by atoms with Crippen LogP contribution in [0.2, 0.25) is 0 Å². The van der Waals surface area contributed by atoms with Crippen molar-refractivity contribution in [2.24, 2.45) is 23.2 Å². The zero-order valence-corrected chi connectivity index (χ0v) is 17.5. The largest absolute Gasteiger partial charge is 0.471 e. The van der Waals surface area contributed by atoms with Gasteiger partial charge in [0.1, 0.15) is 11.4 Å². The lowest BCUT2D eigenvalue weighted by Crippen LogP contribution is -2.51. The van der Waals surface area contributed by atoms with E-state index in [1.165, 1.54) is 44.1 Å². The van der Waals surface area contributed by atoms with E-state index in [0.29, 0.717) is 17.8 Å². The lowest BCUT2D eigenvalue weighted by Gasteiger charge is -2.56. The van der Waals surface area contributed by atoms with Crippen LogP contribution in [0.25, 0.3) is 0 Å². The molecule has 4 fully saturated rings. The number of rotatable bonds is 6. The lowest BCUT2D eigenvalue weighted by atomic mass is 9.49. The molecule has 4 aliphatic carbocycles. The molecular weight excluding hydrogens is 362 g/mol. The zero-order chi connectivity index (χ0) is 20.0. The summed E-state index contributed by atoms with van der Waals surface area (Å²) < 4.78 is 7.54. The molecule has 0 spiro atoms. The predicted molar refractivity (Wildman–Crippen MR) is 112 cm³/mol. The number of hydrogen-bond donors (Lipinski definition) is 1. The quantitative estimate of drug-likeness (QED) is 0.787. The third-order valence-corrected chi connectivity index (χ3v) is 7.35. The number of carbonyl (C=O) groups excluding carboxylic acids is 1. The molecule has 0 saturated heterocycles. The molecule has 1 aromatic carbocycles. The average molecular weight is 394 g/mol. The first-order chi connectivity index (χ1) is 14.0. The van der Waals surface area contributed by atoms with Crippen LogP contribution in [0.15, 0.2) is 30.5 Å². The number of carbonyl (C=O) groups is 1. The minimum atomic E-state index is -0.0639. The van der Waals surface area contributed by atoms with Crippen LogP contribution in [-0.4, -0.2) is 22.2 Å². The minimum absolute atomic E-state index is 0.0639. The van der Waals surface area contributed by atoms with Gasteiger partial charge in [-0.15, -0.1) is 0 Å². The van der Waals surface area contributed by atoms with Crippen LogP contribution in [0.5, 0.6) is 5.75 Å². The molecule has 4 bridgehead atoms. The Kier molecular flexibility index (Phi) is 4.64. The van der Waals surface area contributed by atoms with E-state index in [0.717, 1.165) is 35.6 Å². The second-order valence-electron chi connectivity index (χ2n) is 9.88. The summed E-state index contributed by atoms with van der Waals surface area (Å²) in [5, 5.41) is 7.62. The summed E-state index contributed by atoms with van der Waals surface area (Å²) in [7, 11) is 0. The maximum absolute atomic E-state index is 12.7. The fourth-order valence-corrected chi connectivity index (χ4v) is 6.52. The Morgan fingerprint density at radius 1 is 1.14 bits per heavy atom. The average Bonchev–Trinajstić information content (AvgIpc) is 3.13. The van der Waals surface area contributed by atoms with E-state index in [1.807, 2.05) is 25.3 Å². The van der Waals surface area contributed by atoms with Crippen LogP contribution in [0.4, 0.5) is 0 Å².